The van der Waals surface area contributed by atoms with Crippen LogP contribution in [0.15, 0.2) is 24.3 Å². The van der Waals surface area contributed by atoms with Gasteiger partial charge in [-0.25, -0.2) is 0 Å². The smallest absolute Gasteiger partial charge is 0.303 e. The molecule has 110 valence electrons. The van der Waals surface area contributed by atoms with E-state index in [1.165, 1.54) is 5.56 Å². The quantitative estimate of drug-likeness (QED) is 0.868. The van der Waals surface area contributed by atoms with E-state index in [9.17, 15) is 4.79 Å². The Balaban J connectivity index is 2.12. The summed E-state index contributed by atoms with van der Waals surface area (Å²) < 4.78 is 5.71. The first-order valence-corrected chi connectivity index (χ1v) is 7.29. The highest BCUT2D eigenvalue weighted by Gasteiger charge is 2.28. The Morgan fingerprint density at radius 1 is 1.45 bits per heavy atom. The predicted octanol–water partition coefficient (Wildman–Crippen LogP) is 3.09. The zero-order chi connectivity index (χ0) is 14.5. The Morgan fingerprint density at radius 3 is 2.90 bits per heavy atom. The highest BCUT2D eigenvalue weighted by Crippen LogP contribution is 2.36. The van der Waals surface area contributed by atoms with Gasteiger partial charge in [-0.2, -0.15) is 0 Å². The summed E-state index contributed by atoms with van der Waals surface area (Å²) in [7, 11) is 0. The number of benzene rings is 1. The monoisotopic (exact) mass is 277 g/mol. The number of carboxylic acid groups (broad SMARTS) is 1. The third-order valence-electron chi connectivity index (χ3n) is 3.80. The molecular weight excluding hydrogens is 254 g/mol. The molecule has 1 aromatic rings. The first-order valence-electron chi connectivity index (χ1n) is 7.29. The maximum Gasteiger partial charge on any atom is 0.303 e. The second-order valence-electron chi connectivity index (χ2n) is 5.52. The summed E-state index contributed by atoms with van der Waals surface area (Å²) in [6.07, 6.45) is 1.88. The van der Waals surface area contributed by atoms with Crippen molar-refractivity contribution in [3.05, 3.63) is 29.8 Å². The SMILES string of the molecule is CC(C)N(CCCC(=O)O)C1CCOc2ccccc21. The van der Waals surface area contributed by atoms with E-state index in [4.69, 9.17) is 9.84 Å². The van der Waals surface area contributed by atoms with E-state index in [2.05, 4.69) is 24.8 Å². The maximum atomic E-state index is 10.7. The predicted molar refractivity (Wildman–Crippen MR) is 78.0 cm³/mol. The van der Waals surface area contributed by atoms with Crippen molar-refractivity contribution in [1.82, 2.24) is 4.90 Å². The summed E-state index contributed by atoms with van der Waals surface area (Å²) in [4.78, 5) is 13.1. The van der Waals surface area contributed by atoms with Crippen LogP contribution < -0.4 is 4.74 Å². The van der Waals surface area contributed by atoms with Crippen LogP contribution in [-0.2, 0) is 4.79 Å². The van der Waals surface area contributed by atoms with E-state index < -0.39 is 5.97 Å². The third-order valence-corrected chi connectivity index (χ3v) is 3.80. The van der Waals surface area contributed by atoms with Gasteiger partial charge in [0.1, 0.15) is 5.75 Å². The summed E-state index contributed by atoms with van der Waals surface area (Å²) in [6.45, 7) is 5.87. The lowest BCUT2D eigenvalue weighted by atomic mass is 9.97. The Bertz CT molecular complexity index is 459. The highest BCUT2D eigenvalue weighted by molar-refractivity contribution is 5.66. The van der Waals surface area contributed by atoms with Crippen molar-refractivity contribution in [2.75, 3.05) is 13.2 Å². The van der Waals surface area contributed by atoms with Crippen LogP contribution in [0.5, 0.6) is 5.75 Å². The van der Waals surface area contributed by atoms with Gasteiger partial charge in [-0.1, -0.05) is 18.2 Å². The number of carbonyl (C=O) groups is 1. The van der Waals surface area contributed by atoms with E-state index in [0.29, 0.717) is 18.5 Å². The Morgan fingerprint density at radius 2 is 2.20 bits per heavy atom. The number of fused-ring (bicyclic) bond motifs is 1. The number of aliphatic carboxylic acids is 1. The van der Waals surface area contributed by atoms with Gasteiger partial charge in [0.05, 0.1) is 6.61 Å². The summed E-state index contributed by atoms with van der Waals surface area (Å²) in [6, 6.07) is 8.87. The maximum absolute atomic E-state index is 10.7. The third kappa shape index (κ3) is 3.51. The molecule has 0 spiro atoms. The van der Waals surface area contributed by atoms with Gasteiger partial charge in [-0.15, -0.1) is 0 Å². The van der Waals surface area contributed by atoms with Crippen LogP contribution in [0.3, 0.4) is 0 Å². The van der Waals surface area contributed by atoms with Crippen molar-refractivity contribution >= 4 is 5.97 Å². The zero-order valence-electron chi connectivity index (χ0n) is 12.2. The van der Waals surface area contributed by atoms with Crippen molar-refractivity contribution in [2.24, 2.45) is 0 Å². The molecule has 1 atom stereocenters. The molecule has 4 heteroatoms. The number of nitrogens with zero attached hydrogens (tertiary/aromatic N) is 1. The van der Waals surface area contributed by atoms with Gasteiger partial charge >= 0.3 is 5.97 Å². The second-order valence-corrected chi connectivity index (χ2v) is 5.52. The zero-order valence-corrected chi connectivity index (χ0v) is 12.2. The summed E-state index contributed by atoms with van der Waals surface area (Å²) in [5, 5.41) is 8.79. The van der Waals surface area contributed by atoms with Gasteiger partial charge in [-0.05, 0) is 32.9 Å². The van der Waals surface area contributed by atoms with Crippen LogP contribution >= 0.6 is 0 Å². The summed E-state index contributed by atoms with van der Waals surface area (Å²) in [5.41, 5.74) is 1.22. The average Bonchev–Trinajstić information content (AvgIpc) is 2.42. The van der Waals surface area contributed by atoms with Crippen LogP contribution in [0.25, 0.3) is 0 Å². The molecule has 4 nitrogen and oxygen atoms in total. The molecule has 0 saturated carbocycles. The van der Waals surface area contributed by atoms with Crippen LogP contribution in [0.1, 0.15) is 44.7 Å². The molecular formula is C16H23NO3. The minimum absolute atomic E-state index is 0.230. The van der Waals surface area contributed by atoms with Crippen LogP contribution in [0.4, 0.5) is 0 Å². The lowest BCUT2D eigenvalue weighted by molar-refractivity contribution is -0.137. The number of hydrogen-bond donors (Lipinski definition) is 1. The summed E-state index contributed by atoms with van der Waals surface area (Å²) in [5.74, 6) is 0.244. The molecule has 0 fully saturated rings. The van der Waals surface area contributed by atoms with Gasteiger partial charge < -0.3 is 9.84 Å². The van der Waals surface area contributed by atoms with Crippen molar-refractivity contribution < 1.29 is 14.6 Å². The van der Waals surface area contributed by atoms with Gasteiger partial charge in [0.25, 0.3) is 0 Å². The van der Waals surface area contributed by atoms with Crippen molar-refractivity contribution in [2.45, 2.75) is 45.2 Å². The number of hydrogen-bond acceptors (Lipinski definition) is 3. The van der Waals surface area contributed by atoms with E-state index in [0.717, 1.165) is 25.3 Å². The molecule has 20 heavy (non-hydrogen) atoms. The minimum atomic E-state index is -0.721. The molecule has 0 radical (unpaired) electrons. The average molecular weight is 277 g/mol. The first-order chi connectivity index (χ1) is 9.59. The fraction of sp³-hybridized carbons (Fsp3) is 0.562. The molecule has 0 bridgehead atoms. The fourth-order valence-electron chi connectivity index (χ4n) is 2.85. The number of carboxylic acids is 1. The number of rotatable bonds is 6. The van der Waals surface area contributed by atoms with Crippen LogP contribution in [-0.4, -0.2) is 35.2 Å². The van der Waals surface area contributed by atoms with E-state index in [1.54, 1.807) is 0 Å². The standard InChI is InChI=1S/C16H23NO3/c1-12(2)17(10-5-8-16(18)19)14-9-11-20-15-7-4-3-6-13(14)15/h3-4,6-7,12,14H,5,8-11H2,1-2H3,(H,18,19). The normalized spacial score (nSPS) is 17.9. The largest absolute Gasteiger partial charge is 0.493 e. The molecule has 0 aromatic heterocycles. The van der Waals surface area contributed by atoms with Crippen LogP contribution in [0, 0.1) is 0 Å². The van der Waals surface area contributed by atoms with Crippen molar-refractivity contribution in [3.63, 3.8) is 0 Å². The Labute approximate surface area is 120 Å². The van der Waals surface area contributed by atoms with E-state index >= 15 is 0 Å². The lowest BCUT2D eigenvalue weighted by Crippen LogP contribution is -2.38. The second kappa shape index (κ2) is 6.75. The topological polar surface area (TPSA) is 49.8 Å². The number of ether oxygens (including phenoxy) is 1. The van der Waals surface area contributed by atoms with Crippen molar-refractivity contribution in [3.8, 4) is 5.75 Å². The molecule has 0 saturated heterocycles. The lowest BCUT2D eigenvalue weighted by Gasteiger charge is -2.38. The van der Waals surface area contributed by atoms with Crippen molar-refractivity contribution in [1.29, 1.82) is 0 Å². The van der Waals surface area contributed by atoms with E-state index in [-0.39, 0.29) is 6.42 Å². The fourth-order valence-corrected chi connectivity index (χ4v) is 2.85. The number of para-hydroxylation sites is 1. The minimum Gasteiger partial charge on any atom is -0.493 e. The molecule has 1 N–H and O–H groups in total. The molecule has 2 rings (SSSR count). The van der Waals surface area contributed by atoms with Gasteiger partial charge in [0, 0.05) is 30.5 Å². The Hall–Kier alpha value is -1.55. The first kappa shape index (κ1) is 14.9. The van der Waals surface area contributed by atoms with Gasteiger partial charge in [0.2, 0.25) is 0 Å². The molecule has 1 aliphatic heterocycles. The highest BCUT2D eigenvalue weighted by atomic mass is 16.5. The molecule has 1 aliphatic rings. The molecule has 1 aromatic carbocycles. The van der Waals surface area contributed by atoms with Gasteiger partial charge in [-0.3, -0.25) is 9.69 Å². The van der Waals surface area contributed by atoms with Gasteiger partial charge in [0.15, 0.2) is 0 Å². The molecule has 1 unspecified atom stereocenters. The summed E-state index contributed by atoms with van der Waals surface area (Å²) >= 11 is 0. The Kier molecular flexibility index (Phi) is 5.01. The molecule has 1 heterocycles. The van der Waals surface area contributed by atoms with E-state index in [1.807, 2.05) is 18.2 Å². The van der Waals surface area contributed by atoms with Crippen LogP contribution in [0.2, 0.25) is 0 Å². The molecule has 0 amide bonds. The molecule has 0 aliphatic carbocycles.